The molecule has 146 valence electrons. The van der Waals surface area contributed by atoms with E-state index in [2.05, 4.69) is 48.3 Å². The lowest BCUT2D eigenvalue weighted by molar-refractivity contribution is -0.128. The number of rotatable bonds is 10. The van der Waals surface area contributed by atoms with Crippen LogP contribution in [0.2, 0.25) is 0 Å². The van der Waals surface area contributed by atoms with Gasteiger partial charge in [-0.1, -0.05) is 19.1 Å². The number of hydrogen-bond acceptors (Lipinski definition) is 4. The third kappa shape index (κ3) is 5.91. The molecule has 2 aromatic rings. The summed E-state index contributed by atoms with van der Waals surface area (Å²) >= 11 is 0. The molecule has 0 radical (unpaired) electrons. The molecule has 0 fully saturated rings. The van der Waals surface area contributed by atoms with Crippen LogP contribution in [0.5, 0.6) is 11.5 Å². The molecule has 2 rings (SSSR count). The molecule has 0 spiro atoms. The third-order valence-electron chi connectivity index (χ3n) is 4.53. The summed E-state index contributed by atoms with van der Waals surface area (Å²) < 4.78 is 11.0. The summed E-state index contributed by atoms with van der Waals surface area (Å²) in [6, 6.07) is 15.5. The van der Waals surface area contributed by atoms with Crippen LogP contribution in [-0.2, 0) is 11.3 Å². The Kier molecular flexibility index (Phi) is 7.99. The number of amides is 1. The van der Waals surface area contributed by atoms with Crippen molar-refractivity contribution in [2.45, 2.75) is 39.8 Å². The highest BCUT2D eigenvalue weighted by molar-refractivity contribution is 5.81. The van der Waals surface area contributed by atoms with Gasteiger partial charge in [-0.05, 0) is 62.2 Å². The van der Waals surface area contributed by atoms with Crippen LogP contribution in [0.15, 0.2) is 48.5 Å². The molecule has 0 aromatic heterocycles. The van der Waals surface area contributed by atoms with Gasteiger partial charge in [-0.3, -0.25) is 4.79 Å². The van der Waals surface area contributed by atoms with Crippen molar-refractivity contribution < 1.29 is 14.3 Å². The predicted molar refractivity (Wildman–Crippen MR) is 110 cm³/mol. The van der Waals surface area contributed by atoms with Crippen LogP contribution in [-0.4, -0.2) is 32.2 Å². The maximum absolute atomic E-state index is 12.5. The molecule has 1 amide bonds. The molecule has 0 aliphatic carbocycles. The maximum atomic E-state index is 12.5. The first kappa shape index (κ1) is 20.6. The van der Waals surface area contributed by atoms with Gasteiger partial charge in [0, 0.05) is 25.3 Å². The molecule has 5 nitrogen and oxygen atoms in total. The van der Waals surface area contributed by atoms with Gasteiger partial charge in [0.25, 0.3) is 5.91 Å². The lowest BCUT2D eigenvalue weighted by Crippen LogP contribution is -2.37. The number of nitrogens with zero attached hydrogens (tertiary/aromatic N) is 1. The summed E-state index contributed by atoms with van der Waals surface area (Å²) in [4.78, 5) is 14.8. The number of methoxy groups -OCH3 is 1. The summed E-state index contributed by atoms with van der Waals surface area (Å²) in [5.74, 6) is 1.30. The standard InChI is InChI=1S/C22H30N2O3/c1-5-21(27-20-14-12-19(26-4)13-15-20)22(25)23-16-17-8-10-18(11-9-17)24(6-2)7-3/h8-15,21H,5-7,16H2,1-4H3,(H,23,25)/t21-/m0/s1. The number of carbonyl (C=O) groups excluding carboxylic acids is 1. The Balaban J connectivity index is 1.90. The maximum Gasteiger partial charge on any atom is 0.261 e. The zero-order chi connectivity index (χ0) is 19.6. The van der Waals surface area contributed by atoms with Gasteiger partial charge in [0.05, 0.1) is 7.11 Å². The van der Waals surface area contributed by atoms with Crippen LogP contribution >= 0.6 is 0 Å². The molecule has 1 N–H and O–H groups in total. The molecule has 0 saturated heterocycles. The van der Waals surface area contributed by atoms with Gasteiger partial charge in [-0.15, -0.1) is 0 Å². The van der Waals surface area contributed by atoms with E-state index >= 15 is 0 Å². The number of anilines is 1. The Morgan fingerprint density at radius 3 is 2.07 bits per heavy atom. The minimum Gasteiger partial charge on any atom is -0.497 e. The van der Waals surface area contributed by atoms with Crippen LogP contribution in [0, 0.1) is 0 Å². The van der Waals surface area contributed by atoms with Crippen molar-refractivity contribution in [3.05, 3.63) is 54.1 Å². The first-order valence-corrected chi connectivity index (χ1v) is 9.53. The summed E-state index contributed by atoms with van der Waals surface area (Å²) in [6.45, 7) is 8.67. The Morgan fingerprint density at radius 2 is 1.56 bits per heavy atom. The highest BCUT2D eigenvalue weighted by atomic mass is 16.5. The minimum atomic E-state index is -0.520. The molecular formula is C22H30N2O3. The Bertz CT molecular complexity index is 695. The topological polar surface area (TPSA) is 50.8 Å². The fourth-order valence-corrected chi connectivity index (χ4v) is 2.86. The second kappa shape index (κ2) is 10.5. The number of ether oxygens (including phenoxy) is 2. The SMILES string of the molecule is CC[C@H](Oc1ccc(OC)cc1)C(=O)NCc1ccc(N(CC)CC)cc1. The molecule has 5 heteroatoms. The van der Waals surface area contributed by atoms with Crippen molar-refractivity contribution >= 4 is 11.6 Å². The van der Waals surface area contributed by atoms with Gasteiger partial charge >= 0.3 is 0 Å². The smallest absolute Gasteiger partial charge is 0.261 e. The van der Waals surface area contributed by atoms with E-state index in [4.69, 9.17) is 9.47 Å². The minimum absolute atomic E-state index is 0.110. The van der Waals surface area contributed by atoms with Crippen molar-refractivity contribution in [1.29, 1.82) is 0 Å². The van der Waals surface area contributed by atoms with Crippen molar-refractivity contribution in [3.8, 4) is 11.5 Å². The van der Waals surface area contributed by atoms with E-state index in [9.17, 15) is 4.79 Å². The number of carbonyl (C=O) groups is 1. The molecule has 0 unspecified atom stereocenters. The van der Waals surface area contributed by atoms with E-state index < -0.39 is 6.10 Å². The summed E-state index contributed by atoms with van der Waals surface area (Å²) in [7, 11) is 1.62. The van der Waals surface area contributed by atoms with Crippen molar-refractivity contribution in [2.75, 3.05) is 25.1 Å². The zero-order valence-corrected chi connectivity index (χ0v) is 16.7. The average molecular weight is 370 g/mol. The highest BCUT2D eigenvalue weighted by Crippen LogP contribution is 2.19. The molecule has 2 aromatic carbocycles. The molecule has 0 aliphatic heterocycles. The first-order valence-electron chi connectivity index (χ1n) is 9.53. The Hall–Kier alpha value is -2.69. The van der Waals surface area contributed by atoms with Crippen LogP contribution in [0.3, 0.4) is 0 Å². The third-order valence-corrected chi connectivity index (χ3v) is 4.53. The van der Waals surface area contributed by atoms with Crippen LogP contribution in [0.25, 0.3) is 0 Å². The summed E-state index contributed by atoms with van der Waals surface area (Å²) in [5, 5.41) is 2.97. The quantitative estimate of drug-likeness (QED) is 0.686. The molecule has 27 heavy (non-hydrogen) atoms. The van der Waals surface area contributed by atoms with Gasteiger partial charge in [0.1, 0.15) is 11.5 Å². The van der Waals surface area contributed by atoms with Gasteiger partial charge in [-0.2, -0.15) is 0 Å². The van der Waals surface area contributed by atoms with Gasteiger partial charge in [0.15, 0.2) is 6.10 Å². The Labute approximate surface area is 162 Å². The highest BCUT2D eigenvalue weighted by Gasteiger charge is 2.18. The monoisotopic (exact) mass is 370 g/mol. The molecule has 0 bridgehead atoms. The van der Waals surface area contributed by atoms with E-state index in [-0.39, 0.29) is 5.91 Å². The summed E-state index contributed by atoms with van der Waals surface area (Å²) in [5.41, 5.74) is 2.27. The van der Waals surface area contributed by atoms with Crippen molar-refractivity contribution in [1.82, 2.24) is 5.32 Å². The fourth-order valence-electron chi connectivity index (χ4n) is 2.86. The molecular weight excluding hydrogens is 340 g/mol. The second-order valence-electron chi connectivity index (χ2n) is 6.25. The fraction of sp³-hybridized carbons (Fsp3) is 0.409. The van der Waals surface area contributed by atoms with Gasteiger partial charge in [0.2, 0.25) is 0 Å². The molecule has 0 saturated carbocycles. The number of nitrogens with one attached hydrogen (secondary N) is 1. The molecule has 1 atom stereocenters. The molecule has 0 heterocycles. The summed E-state index contributed by atoms with van der Waals surface area (Å²) in [6.07, 6.45) is 0.0759. The van der Waals surface area contributed by atoms with E-state index in [1.54, 1.807) is 19.2 Å². The Morgan fingerprint density at radius 1 is 0.963 bits per heavy atom. The largest absolute Gasteiger partial charge is 0.497 e. The zero-order valence-electron chi connectivity index (χ0n) is 16.7. The average Bonchev–Trinajstić information content (AvgIpc) is 2.72. The van der Waals surface area contributed by atoms with Gasteiger partial charge < -0.3 is 19.7 Å². The van der Waals surface area contributed by atoms with Crippen LogP contribution in [0.1, 0.15) is 32.8 Å². The number of benzene rings is 2. The number of hydrogen-bond donors (Lipinski definition) is 1. The van der Waals surface area contributed by atoms with Crippen molar-refractivity contribution in [2.24, 2.45) is 0 Å². The lowest BCUT2D eigenvalue weighted by atomic mass is 10.2. The predicted octanol–water partition coefficient (Wildman–Crippen LogP) is 4.02. The van der Waals surface area contributed by atoms with E-state index in [0.29, 0.717) is 18.7 Å². The van der Waals surface area contributed by atoms with E-state index in [0.717, 1.165) is 24.4 Å². The van der Waals surface area contributed by atoms with E-state index in [1.165, 1.54) is 5.69 Å². The normalized spacial score (nSPS) is 11.6. The van der Waals surface area contributed by atoms with Crippen LogP contribution < -0.4 is 19.7 Å². The van der Waals surface area contributed by atoms with Crippen LogP contribution in [0.4, 0.5) is 5.69 Å². The second-order valence-corrected chi connectivity index (χ2v) is 6.25. The lowest BCUT2D eigenvalue weighted by Gasteiger charge is -2.21. The van der Waals surface area contributed by atoms with E-state index in [1.807, 2.05) is 19.1 Å². The first-order chi connectivity index (χ1) is 13.1. The van der Waals surface area contributed by atoms with Gasteiger partial charge in [-0.25, -0.2) is 0 Å². The van der Waals surface area contributed by atoms with Crippen molar-refractivity contribution in [3.63, 3.8) is 0 Å². The molecule has 0 aliphatic rings.